The van der Waals surface area contributed by atoms with Crippen molar-refractivity contribution in [2.24, 2.45) is 0 Å². The highest BCUT2D eigenvalue weighted by molar-refractivity contribution is 5.44. The molecule has 0 saturated carbocycles. The molecule has 0 aliphatic carbocycles. The normalized spacial score (nSPS) is 9.83. The van der Waals surface area contributed by atoms with E-state index in [4.69, 9.17) is 5.26 Å². The fraction of sp³-hybridized carbons (Fsp3) is 0.333. The Balaban J connectivity index is 2.37. The zero-order chi connectivity index (χ0) is 8.81. The third-order valence-corrected chi connectivity index (χ3v) is 1.57. The van der Waals surface area contributed by atoms with Crippen LogP contribution in [0, 0.1) is 6.92 Å². The van der Waals surface area contributed by atoms with Crippen LogP contribution in [0.3, 0.4) is 0 Å². The lowest BCUT2D eigenvalue weighted by Gasteiger charge is -2.04. The Morgan fingerprint density at radius 1 is 1.33 bits per heavy atom. The Morgan fingerprint density at radius 2 is 2.00 bits per heavy atom. The monoisotopic (exact) mass is 167 g/mol. The molecule has 0 saturated heterocycles. The molecule has 1 rings (SSSR count). The Kier molecular flexibility index (Phi) is 3.57. The van der Waals surface area contributed by atoms with Crippen molar-refractivity contribution in [3.8, 4) is 0 Å². The van der Waals surface area contributed by atoms with Crippen LogP contribution in [0.25, 0.3) is 0 Å². The summed E-state index contributed by atoms with van der Waals surface area (Å²) in [7, 11) is 0. The Morgan fingerprint density at radius 3 is 2.58 bits per heavy atom. The summed E-state index contributed by atoms with van der Waals surface area (Å²) in [5.74, 6) is 0. The van der Waals surface area contributed by atoms with Crippen molar-refractivity contribution in [2.75, 3.05) is 18.5 Å². The maximum absolute atomic E-state index is 8.05. The molecule has 0 spiro atoms. The fourth-order valence-corrected chi connectivity index (χ4v) is 0.912. The highest BCUT2D eigenvalue weighted by atomic mass is 17.1. The van der Waals surface area contributed by atoms with Gasteiger partial charge in [0.1, 0.15) is 0 Å². The average molecular weight is 167 g/mol. The smallest absolute Gasteiger partial charge is 0.0992 e. The number of hydrogen-bond donors (Lipinski definition) is 2. The minimum absolute atomic E-state index is 0.299. The number of hydrogen-bond acceptors (Lipinski definition) is 3. The highest BCUT2D eigenvalue weighted by Crippen LogP contribution is 2.07. The van der Waals surface area contributed by atoms with Gasteiger partial charge in [0.2, 0.25) is 0 Å². The number of aryl methyl sites for hydroxylation is 1. The summed E-state index contributed by atoms with van der Waals surface area (Å²) in [6.07, 6.45) is 0. The van der Waals surface area contributed by atoms with Crippen molar-refractivity contribution in [1.29, 1.82) is 0 Å². The number of benzene rings is 1. The Bertz CT molecular complexity index is 220. The molecule has 1 aromatic carbocycles. The second-order valence-electron chi connectivity index (χ2n) is 2.63. The number of rotatable bonds is 4. The molecule has 0 aromatic heterocycles. The first-order valence-electron chi connectivity index (χ1n) is 3.90. The summed E-state index contributed by atoms with van der Waals surface area (Å²) in [4.78, 5) is 3.92. The summed E-state index contributed by atoms with van der Waals surface area (Å²) in [5, 5.41) is 11.1. The number of anilines is 1. The second-order valence-corrected chi connectivity index (χ2v) is 2.63. The quantitative estimate of drug-likeness (QED) is 0.409. The van der Waals surface area contributed by atoms with Crippen LogP contribution in [0.1, 0.15) is 5.56 Å². The average Bonchev–Trinajstić information content (AvgIpc) is 2.09. The van der Waals surface area contributed by atoms with Gasteiger partial charge in [0, 0.05) is 12.2 Å². The molecule has 0 atom stereocenters. The molecule has 0 fully saturated rings. The van der Waals surface area contributed by atoms with Crippen molar-refractivity contribution in [3.05, 3.63) is 29.8 Å². The van der Waals surface area contributed by atoms with Crippen LogP contribution in [0.5, 0.6) is 0 Å². The predicted molar refractivity (Wildman–Crippen MR) is 48.2 cm³/mol. The lowest BCUT2D eigenvalue weighted by atomic mass is 10.2. The van der Waals surface area contributed by atoms with Crippen molar-refractivity contribution < 1.29 is 10.1 Å². The molecule has 0 heterocycles. The third kappa shape index (κ3) is 2.90. The van der Waals surface area contributed by atoms with Crippen molar-refractivity contribution >= 4 is 5.69 Å². The van der Waals surface area contributed by atoms with Gasteiger partial charge in [0.15, 0.2) is 0 Å². The van der Waals surface area contributed by atoms with Gasteiger partial charge >= 0.3 is 0 Å². The lowest BCUT2D eigenvalue weighted by molar-refractivity contribution is -0.238. The molecule has 0 aliphatic rings. The van der Waals surface area contributed by atoms with Crippen molar-refractivity contribution in [3.63, 3.8) is 0 Å². The molecular formula is C9H13NO2. The highest BCUT2D eigenvalue weighted by Gasteiger charge is 1.89. The summed E-state index contributed by atoms with van der Waals surface area (Å²) >= 11 is 0. The van der Waals surface area contributed by atoms with Gasteiger partial charge in [0.25, 0.3) is 0 Å². The van der Waals surface area contributed by atoms with Crippen LogP contribution in [0.4, 0.5) is 5.69 Å². The molecule has 0 unspecified atom stereocenters. The molecule has 12 heavy (non-hydrogen) atoms. The van der Waals surface area contributed by atoms with Gasteiger partial charge < -0.3 is 5.32 Å². The van der Waals surface area contributed by atoms with Crippen LogP contribution in [-0.2, 0) is 4.89 Å². The Labute approximate surface area is 71.9 Å². The van der Waals surface area contributed by atoms with Crippen LogP contribution in [0.15, 0.2) is 24.3 Å². The van der Waals surface area contributed by atoms with E-state index in [1.54, 1.807) is 0 Å². The van der Waals surface area contributed by atoms with Crippen LogP contribution in [-0.4, -0.2) is 18.4 Å². The third-order valence-electron chi connectivity index (χ3n) is 1.57. The van der Waals surface area contributed by atoms with Crippen molar-refractivity contribution in [1.82, 2.24) is 0 Å². The van der Waals surface area contributed by atoms with Gasteiger partial charge in [-0.2, -0.15) is 0 Å². The van der Waals surface area contributed by atoms with Gasteiger partial charge in [-0.25, -0.2) is 4.89 Å². The predicted octanol–water partition coefficient (Wildman–Crippen LogP) is 1.90. The van der Waals surface area contributed by atoms with E-state index in [1.807, 2.05) is 31.2 Å². The molecule has 1 aromatic rings. The SMILES string of the molecule is Cc1ccc(NCCOO)cc1. The first-order valence-corrected chi connectivity index (χ1v) is 3.90. The van der Waals surface area contributed by atoms with Gasteiger partial charge in [-0.3, -0.25) is 5.26 Å². The first-order chi connectivity index (χ1) is 5.83. The Hall–Kier alpha value is -1.06. The van der Waals surface area contributed by atoms with Crippen LogP contribution in [0.2, 0.25) is 0 Å². The minimum atomic E-state index is 0.299. The summed E-state index contributed by atoms with van der Waals surface area (Å²) < 4.78 is 0. The van der Waals surface area contributed by atoms with Crippen LogP contribution >= 0.6 is 0 Å². The van der Waals surface area contributed by atoms with E-state index >= 15 is 0 Å². The molecule has 3 heteroatoms. The molecule has 0 amide bonds. The largest absolute Gasteiger partial charge is 0.383 e. The molecule has 0 bridgehead atoms. The molecule has 0 radical (unpaired) electrons. The standard InChI is InChI=1S/C9H13NO2/c1-8-2-4-9(5-3-8)10-6-7-12-11/h2-5,10-11H,6-7H2,1H3. The topological polar surface area (TPSA) is 41.5 Å². The fourth-order valence-electron chi connectivity index (χ4n) is 0.912. The molecular weight excluding hydrogens is 154 g/mol. The second kappa shape index (κ2) is 4.74. The van der Waals surface area contributed by atoms with Gasteiger partial charge in [-0.1, -0.05) is 17.7 Å². The minimum Gasteiger partial charge on any atom is -0.383 e. The van der Waals surface area contributed by atoms with E-state index in [1.165, 1.54) is 5.56 Å². The molecule has 0 aliphatic heterocycles. The van der Waals surface area contributed by atoms with Gasteiger partial charge in [0.05, 0.1) is 6.61 Å². The van der Waals surface area contributed by atoms with E-state index in [0.29, 0.717) is 13.2 Å². The van der Waals surface area contributed by atoms with Gasteiger partial charge in [-0.15, -0.1) is 0 Å². The number of nitrogens with one attached hydrogen (secondary N) is 1. The van der Waals surface area contributed by atoms with E-state index in [0.717, 1.165) is 5.69 Å². The summed E-state index contributed by atoms with van der Waals surface area (Å²) in [6, 6.07) is 8.05. The lowest BCUT2D eigenvalue weighted by Crippen LogP contribution is -2.07. The molecule has 2 N–H and O–H groups in total. The first kappa shape index (κ1) is 9.03. The van der Waals surface area contributed by atoms with E-state index in [9.17, 15) is 0 Å². The maximum Gasteiger partial charge on any atom is 0.0992 e. The van der Waals surface area contributed by atoms with Crippen molar-refractivity contribution in [2.45, 2.75) is 6.92 Å². The van der Waals surface area contributed by atoms with E-state index < -0.39 is 0 Å². The van der Waals surface area contributed by atoms with E-state index in [-0.39, 0.29) is 0 Å². The summed E-state index contributed by atoms with van der Waals surface area (Å²) in [5.41, 5.74) is 2.27. The maximum atomic E-state index is 8.05. The van der Waals surface area contributed by atoms with Gasteiger partial charge in [-0.05, 0) is 19.1 Å². The zero-order valence-electron chi connectivity index (χ0n) is 7.08. The zero-order valence-corrected chi connectivity index (χ0v) is 7.08. The molecule has 66 valence electrons. The van der Waals surface area contributed by atoms with E-state index in [2.05, 4.69) is 10.2 Å². The summed E-state index contributed by atoms with van der Waals surface area (Å²) in [6.45, 7) is 2.95. The van der Waals surface area contributed by atoms with Crippen LogP contribution < -0.4 is 5.32 Å². The molecule has 3 nitrogen and oxygen atoms in total.